The molecule has 0 spiro atoms. The van der Waals surface area contributed by atoms with E-state index in [1.54, 1.807) is 12.1 Å². The van der Waals surface area contributed by atoms with E-state index in [4.69, 9.17) is 10.5 Å². The van der Waals surface area contributed by atoms with Crippen LogP contribution in [0.3, 0.4) is 0 Å². The molecule has 1 aromatic heterocycles. The Bertz CT molecular complexity index is 1250. The molecule has 3 N–H and O–H groups in total. The maximum Gasteiger partial charge on any atom is 0.249 e. The predicted octanol–water partition coefficient (Wildman–Crippen LogP) is 4.41. The lowest BCUT2D eigenvalue weighted by Crippen LogP contribution is -2.34. The van der Waals surface area contributed by atoms with Crippen LogP contribution in [0.2, 0.25) is 0 Å². The molecule has 1 amide bonds. The number of primary amides is 1. The number of likely N-dealkylation sites (N-methyl/N-ethyl adjacent to an activating group) is 1. The molecule has 7 heteroatoms. The molecule has 0 fully saturated rings. The monoisotopic (exact) mass is 437 g/mol. The smallest absolute Gasteiger partial charge is 0.249 e. The third kappa shape index (κ3) is 3.51. The quantitative estimate of drug-likeness (QED) is 0.621. The second-order valence-corrected chi connectivity index (χ2v) is 8.55. The van der Waals surface area contributed by atoms with Crippen molar-refractivity contribution in [3.63, 3.8) is 0 Å². The van der Waals surface area contributed by atoms with Crippen molar-refractivity contribution in [2.75, 3.05) is 19.7 Å². The highest BCUT2D eigenvalue weighted by Gasteiger charge is 2.27. The van der Waals surface area contributed by atoms with E-state index in [0.29, 0.717) is 11.5 Å². The Morgan fingerprint density at radius 2 is 2.12 bits per heavy atom. The van der Waals surface area contributed by atoms with Crippen LogP contribution in [0, 0.1) is 17.6 Å². The first-order valence-electron chi connectivity index (χ1n) is 10.9. The molecule has 1 aliphatic carbocycles. The first-order chi connectivity index (χ1) is 15.4. The molecule has 5 nitrogen and oxygen atoms in total. The molecule has 32 heavy (non-hydrogen) atoms. The maximum absolute atomic E-state index is 14.2. The van der Waals surface area contributed by atoms with E-state index in [1.807, 2.05) is 6.08 Å². The number of nitrogens with two attached hydrogens (primary N) is 1. The van der Waals surface area contributed by atoms with Crippen LogP contribution in [-0.4, -0.2) is 35.5 Å². The van der Waals surface area contributed by atoms with Gasteiger partial charge in [0.1, 0.15) is 12.4 Å². The average molecular weight is 437 g/mol. The lowest BCUT2D eigenvalue weighted by Gasteiger charge is -2.34. The lowest BCUT2D eigenvalue weighted by molar-refractivity contribution is 0.0999. The summed E-state index contributed by atoms with van der Waals surface area (Å²) in [5, 5.41) is 0.962. The van der Waals surface area contributed by atoms with Gasteiger partial charge in [-0.1, -0.05) is 0 Å². The van der Waals surface area contributed by atoms with Crippen LogP contribution in [0.15, 0.2) is 36.0 Å². The number of aromatic nitrogens is 1. The third-order valence-electron chi connectivity index (χ3n) is 6.61. The summed E-state index contributed by atoms with van der Waals surface area (Å²) in [6, 6.07) is 7.50. The van der Waals surface area contributed by atoms with Crippen molar-refractivity contribution in [1.82, 2.24) is 9.88 Å². The molecule has 0 bridgehead atoms. The molecule has 0 radical (unpaired) electrons. The minimum absolute atomic E-state index is 0.0734. The molecular weight excluding hydrogens is 412 g/mol. The lowest BCUT2D eigenvalue weighted by atomic mass is 9.86. The Kier molecular flexibility index (Phi) is 5.12. The SMILES string of the molecule is CCN(C[C@@H]1CCc2[nH]c3ccc(F)cc3c2C1)C1=Cc2c(C(N)=O)ccc(F)c2OC1. The topological polar surface area (TPSA) is 71.3 Å². The van der Waals surface area contributed by atoms with E-state index in [1.165, 1.54) is 29.5 Å². The number of benzene rings is 2. The number of ether oxygens (including phenoxy) is 1. The number of nitrogens with one attached hydrogen (secondary N) is 1. The Labute approximate surface area is 184 Å². The van der Waals surface area contributed by atoms with Gasteiger partial charge in [0.15, 0.2) is 11.6 Å². The fraction of sp³-hybridized carbons (Fsp3) is 0.320. The normalized spacial score (nSPS) is 17.3. The molecular formula is C25H25F2N3O2. The van der Waals surface area contributed by atoms with E-state index in [9.17, 15) is 13.6 Å². The first-order valence-corrected chi connectivity index (χ1v) is 10.9. The number of nitrogens with zero attached hydrogens (tertiary/aromatic N) is 1. The zero-order valence-corrected chi connectivity index (χ0v) is 17.9. The molecule has 0 saturated heterocycles. The molecule has 1 aliphatic heterocycles. The van der Waals surface area contributed by atoms with E-state index in [2.05, 4.69) is 16.8 Å². The fourth-order valence-electron chi connectivity index (χ4n) is 4.99. The largest absolute Gasteiger partial charge is 0.484 e. The van der Waals surface area contributed by atoms with E-state index in [-0.39, 0.29) is 23.7 Å². The van der Waals surface area contributed by atoms with Gasteiger partial charge in [0.05, 0.1) is 11.3 Å². The molecule has 3 aromatic rings. The van der Waals surface area contributed by atoms with Gasteiger partial charge in [-0.2, -0.15) is 0 Å². The highest BCUT2D eigenvalue weighted by atomic mass is 19.1. The predicted molar refractivity (Wildman–Crippen MR) is 119 cm³/mol. The van der Waals surface area contributed by atoms with Crippen molar-refractivity contribution in [3.8, 4) is 5.75 Å². The zero-order chi connectivity index (χ0) is 22.4. The van der Waals surface area contributed by atoms with Gasteiger partial charge in [-0.15, -0.1) is 0 Å². The number of hydrogen-bond acceptors (Lipinski definition) is 3. The van der Waals surface area contributed by atoms with Crippen molar-refractivity contribution in [2.24, 2.45) is 11.7 Å². The number of rotatable bonds is 5. The molecule has 2 aromatic carbocycles. The number of carbonyl (C=O) groups is 1. The van der Waals surface area contributed by atoms with Crippen molar-refractivity contribution in [1.29, 1.82) is 0 Å². The number of halogens is 2. The Balaban J connectivity index is 1.41. The summed E-state index contributed by atoms with van der Waals surface area (Å²) in [7, 11) is 0. The van der Waals surface area contributed by atoms with Crippen molar-refractivity contribution in [3.05, 3.63) is 70.0 Å². The van der Waals surface area contributed by atoms with E-state index in [0.717, 1.165) is 49.0 Å². The zero-order valence-electron chi connectivity index (χ0n) is 17.9. The summed E-state index contributed by atoms with van der Waals surface area (Å²) in [6.07, 6.45) is 4.62. The van der Waals surface area contributed by atoms with Crippen molar-refractivity contribution < 1.29 is 18.3 Å². The molecule has 5 rings (SSSR count). The molecule has 2 heterocycles. The van der Waals surface area contributed by atoms with E-state index < -0.39 is 11.7 Å². The maximum atomic E-state index is 14.2. The van der Waals surface area contributed by atoms with E-state index >= 15 is 0 Å². The first kappa shape index (κ1) is 20.5. The highest BCUT2D eigenvalue weighted by molar-refractivity contribution is 5.98. The standard InChI is InChI=1S/C25H25F2N3O2/c1-2-30(16-11-20-17(25(28)31)5-6-21(27)24(20)32-13-16)12-14-3-7-22-18(9-14)19-10-15(26)4-8-23(19)29-22/h4-6,8,10-11,14,29H,2-3,7,9,12-13H2,1H3,(H2,28,31)/t14-/m1/s1. The van der Waals surface area contributed by atoms with Gasteiger partial charge in [-0.05, 0) is 74.1 Å². The molecule has 0 unspecified atom stereocenters. The van der Waals surface area contributed by atoms with Crippen LogP contribution in [0.5, 0.6) is 5.75 Å². The minimum atomic E-state index is -0.614. The second-order valence-electron chi connectivity index (χ2n) is 8.55. The Morgan fingerprint density at radius 1 is 1.28 bits per heavy atom. The Morgan fingerprint density at radius 3 is 2.91 bits per heavy atom. The fourth-order valence-corrected chi connectivity index (χ4v) is 4.99. The van der Waals surface area contributed by atoms with Crippen LogP contribution in [-0.2, 0) is 12.8 Å². The van der Waals surface area contributed by atoms with Gasteiger partial charge in [0, 0.05) is 35.2 Å². The van der Waals surface area contributed by atoms with Gasteiger partial charge in [-0.25, -0.2) is 8.78 Å². The number of H-pyrrole nitrogens is 1. The number of carbonyl (C=O) groups excluding carboxylic acids is 1. The minimum Gasteiger partial charge on any atom is -0.484 e. The molecule has 1 atom stereocenters. The molecule has 2 aliphatic rings. The van der Waals surface area contributed by atoms with Gasteiger partial charge in [-0.3, -0.25) is 4.79 Å². The summed E-state index contributed by atoms with van der Waals surface area (Å²) in [4.78, 5) is 17.5. The summed E-state index contributed by atoms with van der Waals surface area (Å²) >= 11 is 0. The molecule has 166 valence electrons. The van der Waals surface area contributed by atoms with Gasteiger partial charge in [0.25, 0.3) is 0 Å². The summed E-state index contributed by atoms with van der Waals surface area (Å²) in [5.74, 6) is -0.886. The summed E-state index contributed by atoms with van der Waals surface area (Å²) in [6.45, 7) is 3.84. The van der Waals surface area contributed by atoms with Crippen molar-refractivity contribution in [2.45, 2.75) is 26.2 Å². The van der Waals surface area contributed by atoms with Crippen LogP contribution < -0.4 is 10.5 Å². The van der Waals surface area contributed by atoms with Gasteiger partial charge in [0.2, 0.25) is 5.91 Å². The Hall–Kier alpha value is -3.35. The van der Waals surface area contributed by atoms with Crippen LogP contribution in [0.4, 0.5) is 8.78 Å². The van der Waals surface area contributed by atoms with Gasteiger partial charge >= 0.3 is 0 Å². The van der Waals surface area contributed by atoms with Crippen molar-refractivity contribution >= 4 is 22.9 Å². The van der Waals surface area contributed by atoms with Gasteiger partial charge < -0.3 is 20.4 Å². The van der Waals surface area contributed by atoms with Crippen LogP contribution in [0.1, 0.15) is 40.5 Å². The average Bonchev–Trinajstić information content (AvgIpc) is 3.14. The highest BCUT2D eigenvalue weighted by Crippen LogP contribution is 2.35. The number of fused-ring (bicyclic) bond motifs is 4. The molecule has 0 saturated carbocycles. The number of aryl methyl sites for hydroxylation is 1. The van der Waals surface area contributed by atoms with Crippen LogP contribution >= 0.6 is 0 Å². The second kappa shape index (κ2) is 7.97. The number of aromatic amines is 1. The number of amides is 1. The summed E-state index contributed by atoms with van der Waals surface area (Å²) in [5.41, 5.74) is 10.4. The number of hydrogen-bond donors (Lipinski definition) is 2. The van der Waals surface area contributed by atoms with Crippen LogP contribution in [0.25, 0.3) is 17.0 Å². The summed E-state index contributed by atoms with van der Waals surface area (Å²) < 4.78 is 33.7. The third-order valence-corrected chi connectivity index (χ3v) is 6.61.